The van der Waals surface area contributed by atoms with Crippen molar-refractivity contribution < 1.29 is 14.3 Å². The van der Waals surface area contributed by atoms with Gasteiger partial charge in [-0.1, -0.05) is 6.07 Å². The van der Waals surface area contributed by atoms with E-state index in [1.54, 1.807) is 32.4 Å². The predicted molar refractivity (Wildman–Crippen MR) is 103 cm³/mol. The molecule has 26 heavy (non-hydrogen) atoms. The van der Waals surface area contributed by atoms with Gasteiger partial charge < -0.3 is 19.3 Å². The molecule has 0 atom stereocenters. The first-order valence-corrected chi connectivity index (χ1v) is 9.12. The fourth-order valence-corrected chi connectivity index (χ4v) is 3.84. The number of hydrogen-bond acceptors (Lipinski definition) is 4. The van der Waals surface area contributed by atoms with E-state index in [0.29, 0.717) is 23.6 Å². The Morgan fingerprint density at radius 1 is 0.923 bits per heavy atom. The van der Waals surface area contributed by atoms with Crippen LogP contribution in [-0.4, -0.2) is 39.8 Å². The SMILES string of the molecule is COc1cc(OC)cc(C(=O)N2CCc3ccc(N4CCCC4)cc32)c1. The molecule has 0 unspecified atom stereocenters. The number of nitrogens with zero attached hydrogens (tertiary/aromatic N) is 2. The molecule has 2 aliphatic rings. The molecule has 0 aromatic heterocycles. The lowest BCUT2D eigenvalue weighted by atomic mass is 10.1. The average molecular weight is 352 g/mol. The van der Waals surface area contributed by atoms with Gasteiger partial charge in [0.1, 0.15) is 11.5 Å². The summed E-state index contributed by atoms with van der Waals surface area (Å²) in [5, 5.41) is 0. The molecule has 5 nitrogen and oxygen atoms in total. The number of hydrogen-bond donors (Lipinski definition) is 0. The predicted octanol–water partition coefficient (Wildman–Crippen LogP) is 3.51. The van der Waals surface area contributed by atoms with Crippen molar-refractivity contribution in [3.05, 3.63) is 47.5 Å². The van der Waals surface area contributed by atoms with Gasteiger partial charge in [-0.05, 0) is 49.1 Å². The molecule has 0 saturated carbocycles. The number of amides is 1. The number of carbonyl (C=O) groups excluding carboxylic acids is 1. The molecular formula is C21H24N2O3. The van der Waals surface area contributed by atoms with Crippen LogP contribution in [0.5, 0.6) is 11.5 Å². The van der Waals surface area contributed by atoms with Gasteiger partial charge in [-0.2, -0.15) is 0 Å². The third-order valence-corrected chi connectivity index (χ3v) is 5.28. The Hall–Kier alpha value is -2.69. The second-order valence-electron chi connectivity index (χ2n) is 6.82. The Morgan fingerprint density at radius 3 is 2.27 bits per heavy atom. The van der Waals surface area contributed by atoms with E-state index in [4.69, 9.17) is 9.47 Å². The Bertz CT molecular complexity index is 806. The van der Waals surface area contributed by atoms with Gasteiger partial charge in [-0.25, -0.2) is 0 Å². The van der Waals surface area contributed by atoms with Gasteiger partial charge in [-0.3, -0.25) is 4.79 Å². The number of ether oxygens (including phenoxy) is 2. The highest BCUT2D eigenvalue weighted by atomic mass is 16.5. The number of fused-ring (bicyclic) bond motifs is 1. The number of methoxy groups -OCH3 is 2. The van der Waals surface area contributed by atoms with Crippen LogP contribution in [0, 0.1) is 0 Å². The Morgan fingerprint density at radius 2 is 1.62 bits per heavy atom. The molecule has 2 heterocycles. The van der Waals surface area contributed by atoms with Crippen LogP contribution in [0.4, 0.5) is 11.4 Å². The minimum atomic E-state index is -0.0143. The fraction of sp³-hybridized carbons (Fsp3) is 0.381. The highest BCUT2D eigenvalue weighted by Gasteiger charge is 2.27. The molecule has 1 amide bonds. The summed E-state index contributed by atoms with van der Waals surface area (Å²) in [6, 6.07) is 11.8. The minimum absolute atomic E-state index is 0.0143. The highest BCUT2D eigenvalue weighted by Crippen LogP contribution is 2.35. The van der Waals surface area contributed by atoms with Crippen LogP contribution < -0.4 is 19.3 Å². The van der Waals surface area contributed by atoms with E-state index in [1.165, 1.54) is 24.1 Å². The van der Waals surface area contributed by atoms with Gasteiger partial charge in [0.2, 0.25) is 0 Å². The monoisotopic (exact) mass is 352 g/mol. The van der Waals surface area contributed by atoms with Crippen LogP contribution in [0.15, 0.2) is 36.4 Å². The second kappa shape index (κ2) is 6.90. The summed E-state index contributed by atoms with van der Waals surface area (Å²) in [6.07, 6.45) is 3.37. The summed E-state index contributed by atoms with van der Waals surface area (Å²) in [5.41, 5.74) is 4.06. The zero-order valence-electron chi connectivity index (χ0n) is 15.3. The van der Waals surface area contributed by atoms with Crippen LogP contribution >= 0.6 is 0 Å². The van der Waals surface area contributed by atoms with E-state index in [-0.39, 0.29) is 5.91 Å². The minimum Gasteiger partial charge on any atom is -0.497 e. The smallest absolute Gasteiger partial charge is 0.258 e. The molecule has 2 aromatic rings. The lowest BCUT2D eigenvalue weighted by Gasteiger charge is -2.22. The van der Waals surface area contributed by atoms with E-state index in [9.17, 15) is 4.79 Å². The van der Waals surface area contributed by atoms with Crippen molar-refractivity contribution in [2.45, 2.75) is 19.3 Å². The molecule has 0 radical (unpaired) electrons. The van der Waals surface area contributed by atoms with Crippen molar-refractivity contribution >= 4 is 17.3 Å². The van der Waals surface area contributed by atoms with Crippen LogP contribution in [-0.2, 0) is 6.42 Å². The molecule has 0 spiro atoms. The normalized spacial score (nSPS) is 15.9. The highest BCUT2D eigenvalue weighted by molar-refractivity contribution is 6.08. The summed E-state index contributed by atoms with van der Waals surface area (Å²) in [6.45, 7) is 2.90. The maximum atomic E-state index is 13.2. The van der Waals surface area contributed by atoms with E-state index in [1.807, 2.05) is 4.90 Å². The van der Waals surface area contributed by atoms with Crippen LogP contribution in [0.25, 0.3) is 0 Å². The molecule has 1 fully saturated rings. The Balaban J connectivity index is 1.66. The maximum Gasteiger partial charge on any atom is 0.258 e. The van der Waals surface area contributed by atoms with Gasteiger partial charge in [-0.15, -0.1) is 0 Å². The van der Waals surface area contributed by atoms with E-state index in [0.717, 1.165) is 25.2 Å². The molecule has 1 saturated heterocycles. The molecule has 4 rings (SSSR count). The molecule has 0 aliphatic carbocycles. The first kappa shape index (κ1) is 16.8. The molecule has 5 heteroatoms. The van der Waals surface area contributed by atoms with Crippen molar-refractivity contribution in [1.82, 2.24) is 0 Å². The van der Waals surface area contributed by atoms with Gasteiger partial charge >= 0.3 is 0 Å². The van der Waals surface area contributed by atoms with Crippen LogP contribution in [0.1, 0.15) is 28.8 Å². The molecule has 0 N–H and O–H groups in total. The number of benzene rings is 2. The van der Waals surface area contributed by atoms with Crippen molar-refractivity contribution in [3.63, 3.8) is 0 Å². The Kier molecular flexibility index (Phi) is 4.45. The summed E-state index contributed by atoms with van der Waals surface area (Å²) < 4.78 is 10.6. The summed E-state index contributed by atoms with van der Waals surface area (Å²) in [7, 11) is 3.19. The molecule has 0 bridgehead atoms. The molecule has 2 aliphatic heterocycles. The molecule has 136 valence electrons. The third kappa shape index (κ3) is 2.98. The standard InChI is InChI=1S/C21H24N2O3/c1-25-18-11-16(12-19(14-18)26-2)21(24)23-10-7-15-5-6-17(13-20(15)23)22-8-3-4-9-22/h5-6,11-14H,3-4,7-10H2,1-2H3. The molecular weight excluding hydrogens is 328 g/mol. The summed E-state index contributed by atoms with van der Waals surface area (Å²) in [5.74, 6) is 1.23. The molecule has 2 aromatic carbocycles. The topological polar surface area (TPSA) is 42.0 Å². The van der Waals surface area contributed by atoms with E-state index in [2.05, 4.69) is 23.1 Å². The zero-order chi connectivity index (χ0) is 18.1. The van der Waals surface area contributed by atoms with E-state index < -0.39 is 0 Å². The van der Waals surface area contributed by atoms with Gasteiger partial charge in [0, 0.05) is 42.6 Å². The van der Waals surface area contributed by atoms with Crippen molar-refractivity contribution in [1.29, 1.82) is 0 Å². The number of anilines is 2. The summed E-state index contributed by atoms with van der Waals surface area (Å²) in [4.78, 5) is 17.5. The van der Waals surface area contributed by atoms with Crippen molar-refractivity contribution in [3.8, 4) is 11.5 Å². The Labute approximate surface area is 154 Å². The first-order chi connectivity index (χ1) is 12.7. The maximum absolute atomic E-state index is 13.2. The second-order valence-corrected chi connectivity index (χ2v) is 6.82. The lowest BCUT2D eigenvalue weighted by molar-refractivity contribution is 0.0988. The average Bonchev–Trinajstić information content (AvgIpc) is 3.36. The fourth-order valence-electron chi connectivity index (χ4n) is 3.84. The van der Waals surface area contributed by atoms with Gasteiger partial charge in [0.25, 0.3) is 5.91 Å². The largest absolute Gasteiger partial charge is 0.497 e. The quantitative estimate of drug-likeness (QED) is 0.844. The van der Waals surface area contributed by atoms with Gasteiger partial charge in [0.15, 0.2) is 0 Å². The third-order valence-electron chi connectivity index (χ3n) is 5.28. The lowest BCUT2D eigenvalue weighted by Crippen LogP contribution is -2.29. The van der Waals surface area contributed by atoms with E-state index >= 15 is 0 Å². The zero-order valence-corrected chi connectivity index (χ0v) is 15.3. The summed E-state index contributed by atoms with van der Waals surface area (Å²) >= 11 is 0. The first-order valence-electron chi connectivity index (χ1n) is 9.12. The van der Waals surface area contributed by atoms with Crippen LogP contribution in [0.3, 0.4) is 0 Å². The van der Waals surface area contributed by atoms with Crippen molar-refractivity contribution in [2.24, 2.45) is 0 Å². The number of rotatable bonds is 4. The van der Waals surface area contributed by atoms with Crippen LogP contribution in [0.2, 0.25) is 0 Å². The van der Waals surface area contributed by atoms with Gasteiger partial charge in [0.05, 0.1) is 14.2 Å². The van der Waals surface area contributed by atoms with Crippen molar-refractivity contribution in [2.75, 3.05) is 43.7 Å². The number of carbonyl (C=O) groups is 1.